The molecule has 23 heavy (non-hydrogen) atoms. The molecule has 1 aliphatic heterocycles. The van der Waals surface area contributed by atoms with Gasteiger partial charge in [-0.25, -0.2) is 0 Å². The van der Waals surface area contributed by atoms with Gasteiger partial charge in [0.2, 0.25) is 0 Å². The lowest BCUT2D eigenvalue weighted by atomic mass is 9.98. The highest BCUT2D eigenvalue weighted by Crippen LogP contribution is 2.22. The molecule has 1 heterocycles. The monoisotopic (exact) mass is 431 g/mol. The summed E-state index contributed by atoms with van der Waals surface area (Å²) >= 11 is 0. The smallest absolute Gasteiger partial charge is 0.191 e. The van der Waals surface area contributed by atoms with Crippen molar-refractivity contribution in [2.24, 2.45) is 16.6 Å². The zero-order valence-corrected chi connectivity index (χ0v) is 16.8. The average Bonchev–Trinajstić information content (AvgIpc) is 2.54. The zero-order chi connectivity index (χ0) is 15.9. The molecule has 1 aromatic carbocycles. The molecule has 2 unspecified atom stereocenters. The molecule has 0 spiro atoms. The molecule has 2 rings (SSSR count). The Morgan fingerprint density at radius 1 is 1.39 bits per heavy atom. The van der Waals surface area contributed by atoms with E-state index < -0.39 is 0 Å². The van der Waals surface area contributed by atoms with E-state index in [1.54, 1.807) is 7.11 Å². The van der Waals surface area contributed by atoms with Crippen LogP contribution in [0.15, 0.2) is 29.3 Å². The third kappa shape index (κ3) is 6.20. The maximum absolute atomic E-state index is 6.13. The van der Waals surface area contributed by atoms with Gasteiger partial charge in [-0.3, -0.25) is 4.99 Å². The van der Waals surface area contributed by atoms with Gasteiger partial charge in [-0.2, -0.15) is 0 Å². The van der Waals surface area contributed by atoms with E-state index in [4.69, 9.17) is 10.5 Å². The first-order valence-corrected chi connectivity index (χ1v) is 8.29. The Labute approximate surface area is 157 Å². The molecule has 2 atom stereocenters. The molecule has 0 aliphatic carbocycles. The van der Waals surface area contributed by atoms with E-state index in [0.717, 1.165) is 37.7 Å². The summed E-state index contributed by atoms with van der Waals surface area (Å²) in [6, 6.07) is 8.28. The predicted molar refractivity (Wildman–Crippen MR) is 108 cm³/mol. The number of aliphatic imine (C=N–C) groups is 1. The van der Waals surface area contributed by atoms with Gasteiger partial charge in [0, 0.05) is 19.6 Å². The van der Waals surface area contributed by atoms with Crippen molar-refractivity contribution in [2.45, 2.75) is 39.0 Å². The summed E-state index contributed by atoms with van der Waals surface area (Å²) in [7, 11) is 1.69. The van der Waals surface area contributed by atoms with E-state index >= 15 is 0 Å². The van der Waals surface area contributed by atoms with Crippen molar-refractivity contribution in [3.05, 3.63) is 29.8 Å². The van der Waals surface area contributed by atoms with Crippen LogP contribution >= 0.6 is 24.0 Å². The van der Waals surface area contributed by atoms with Gasteiger partial charge in [0.05, 0.1) is 7.11 Å². The highest BCUT2D eigenvalue weighted by atomic mass is 127. The molecule has 0 radical (unpaired) electrons. The largest absolute Gasteiger partial charge is 0.497 e. The summed E-state index contributed by atoms with van der Waals surface area (Å²) in [6.45, 7) is 7.39. The van der Waals surface area contributed by atoms with Crippen molar-refractivity contribution < 1.29 is 4.74 Å². The van der Waals surface area contributed by atoms with E-state index in [2.05, 4.69) is 35.9 Å². The predicted octanol–water partition coefficient (Wildman–Crippen LogP) is 3.85. The van der Waals surface area contributed by atoms with E-state index in [0.29, 0.717) is 11.9 Å². The second-order valence-corrected chi connectivity index (χ2v) is 6.40. The van der Waals surface area contributed by atoms with Crippen molar-refractivity contribution in [3.63, 3.8) is 0 Å². The second-order valence-electron chi connectivity index (χ2n) is 6.40. The van der Waals surface area contributed by atoms with Crippen LogP contribution in [0, 0.1) is 5.92 Å². The number of hydrogen-bond acceptors (Lipinski definition) is 2. The van der Waals surface area contributed by atoms with Crippen molar-refractivity contribution in [1.82, 2.24) is 4.90 Å². The van der Waals surface area contributed by atoms with Crippen molar-refractivity contribution in [2.75, 3.05) is 26.7 Å². The Kier molecular flexibility index (Phi) is 8.73. The number of nitrogens with two attached hydrogens (primary N) is 1. The fourth-order valence-corrected chi connectivity index (χ4v) is 2.97. The van der Waals surface area contributed by atoms with Gasteiger partial charge in [0.25, 0.3) is 0 Å². The quantitative estimate of drug-likeness (QED) is 0.438. The van der Waals surface area contributed by atoms with Crippen LogP contribution in [-0.4, -0.2) is 37.6 Å². The molecular weight excluding hydrogens is 401 g/mol. The molecule has 0 aromatic heterocycles. The van der Waals surface area contributed by atoms with Crippen LogP contribution in [0.3, 0.4) is 0 Å². The van der Waals surface area contributed by atoms with E-state index in [9.17, 15) is 0 Å². The van der Waals surface area contributed by atoms with Crippen molar-refractivity contribution in [1.29, 1.82) is 0 Å². The van der Waals surface area contributed by atoms with E-state index in [1.807, 2.05) is 12.1 Å². The fraction of sp³-hybridized carbons (Fsp3) is 0.611. The van der Waals surface area contributed by atoms with Gasteiger partial charge in [0.1, 0.15) is 5.75 Å². The number of benzene rings is 1. The molecule has 2 N–H and O–H groups in total. The maximum atomic E-state index is 6.13. The standard InChI is InChI=1S/C18H29N3O.HI/c1-14-5-4-12-21(13-14)18(19)20-11-10-15(2)16-6-8-17(22-3)9-7-16;/h6-9,14-15H,4-5,10-13H2,1-3H3,(H2,19,20);1H. The first-order chi connectivity index (χ1) is 10.6. The molecule has 4 nitrogen and oxygen atoms in total. The number of methoxy groups -OCH3 is 1. The Balaban J connectivity index is 0.00000264. The molecule has 130 valence electrons. The number of ether oxygens (including phenoxy) is 1. The van der Waals surface area contributed by atoms with Gasteiger partial charge in [0.15, 0.2) is 5.96 Å². The van der Waals surface area contributed by atoms with Gasteiger partial charge in [-0.15, -0.1) is 24.0 Å². The number of likely N-dealkylation sites (tertiary alicyclic amines) is 1. The lowest BCUT2D eigenvalue weighted by Gasteiger charge is -2.31. The lowest BCUT2D eigenvalue weighted by molar-refractivity contribution is 0.270. The van der Waals surface area contributed by atoms with Gasteiger partial charge < -0.3 is 15.4 Å². The zero-order valence-electron chi connectivity index (χ0n) is 14.5. The number of hydrogen-bond donors (Lipinski definition) is 1. The van der Waals surface area contributed by atoms with Crippen LogP contribution in [0.5, 0.6) is 5.75 Å². The van der Waals surface area contributed by atoms with Crippen LogP contribution in [0.1, 0.15) is 44.6 Å². The van der Waals surface area contributed by atoms with Gasteiger partial charge in [-0.05, 0) is 48.8 Å². The average molecular weight is 431 g/mol. The Morgan fingerprint density at radius 3 is 2.70 bits per heavy atom. The van der Waals surface area contributed by atoms with Crippen molar-refractivity contribution >= 4 is 29.9 Å². The summed E-state index contributed by atoms with van der Waals surface area (Å²) in [6.07, 6.45) is 3.54. The van der Waals surface area contributed by atoms with Gasteiger partial charge >= 0.3 is 0 Å². The summed E-state index contributed by atoms with van der Waals surface area (Å²) in [5, 5.41) is 0. The molecule has 0 saturated carbocycles. The summed E-state index contributed by atoms with van der Waals surface area (Å²) in [5.74, 6) is 2.81. The third-order valence-corrected chi connectivity index (χ3v) is 4.50. The highest BCUT2D eigenvalue weighted by molar-refractivity contribution is 14.0. The summed E-state index contributed by atoms with van der Waals surface area (Å²) < 4.78 is 5.19. The summed E-state index contributed by atoms with van der Waals surface area (Å²) in [5.41, 5.74) is 7.45. The molecule has 0 bridgehead atoms. The second kappa shape index (κ2) is 10.0. The van der Waals surface area contributed by atoms with Gasteiger partial charge in [-0.1, -0.05) is 26.0 Å². The minimum atomic E-state index is 0. The number of piperidine rings is 1. The van der Waals surface area contributed by atoms with Crippen LogP contribution < -0.4 is 10.5 Å². The van der Waals surface area contributed by atoms with Crippen LogP contribution in [0.25, 0.3) is 0 Å². The molecule has 1 fully saturated rings. The normalized spacial score (nSPS) is 19.9. The molecule has 5 heteroatoms. The van der Waals surface area contributed by atoms with Crippen LogP contribution in [0.4, 0.5) is 0 Å². The first-order valence-electron chi connectivity index (χ1n) is 8.29. The molecular formula is C18H30IN3O. The van der Waals surface area contributed by atoms with Crippen LogP contribution in [0.2, 0.25) is 0 Å². The minimum absolute atomic E-state index is 0. The number of halogens is 1. The van der Waals surface area contributed by atoms with E-state index in [-0.39, 0.29) is 24.0 Å². The number of nitrogens with zero attached hydrogens (tertiary/aromatic N) is 2. The highest BCUT2D eigenvalue weighted by Gasteiger charge is 2.17. The first kappa shape index (κ1) is 20.1. The van der Waals surface area contributed by atoms with Crippen LogP contribution in [-0.2, 0) is 0 Å². The fourth-order valence-electron chi connectivity index (χ4n) is 2.97. The maximum Gasteiger partial charge on any atom is 0.191 e. The van der Waals surface area contributed by atoms with E-state index in [1.165, 1.54) is 18.4 Å². The topological polar surface area (TPSA) is 50.9 Å². The third-order valence-electron chi connectivity index (χ3n) is 4.50. The molecule has 0 amide bonds. The van der Waals surface area contributed by atoms with Crippen molar-refractivity contribution in [3.8, 4) is 5.75 Å². The molecule has 1 aromatic rings. The number of guanidine groups is 1. The summed E-state index contributed by atoms with van der Waals surface area (Å²) in [4.78, 5) is 6.81. The Hall–Kier alpha value is -0.980. The SMILES string of the molecule is COc1ccc(C(C)CCN=C(N)N2CCCC(C)C2)cc1.I. The molecule has 1 aliphatic rings. The Morgan fingerprint density at radius 2 is 2.09 bits per heavy atom. The minimum Gasteiger partial charge on any atom is -0.497 e. The number of rotatable bonds is 5. The molecule has 1 saturated heterocycles. The Bertz CT molecular complexity index is 490. The lowest BCUT2D eigenvalue weighted by Crippen LogP contribution is -2.43.